The van der Waals surface area contributed by atoms with Gasteiger partial charge in [-0.15, -0.1) is 0 Å². The van der Waals surface area contributed by atoms with E-state index in [1.54, 1.807) is 6.92 Å². The van der Waals surface area contributed by atoms with Crippen LogP contribution in [0, 0.1) is 6.92 Å². The van der Waals surface area contributed by atoms with Crippen molar-refractivity contribution >= 4 is 5.97 Å². The number of carboxylic acids is 1. The van der Waals surface area contributed by atoms with Gasteiger partial charge in [0.15, 0.2) is 13.6 Å². The third-order valence-corrected chi connectivity index (χ3v) is 2.53. The van der Waals surface area contributed by atoms with Crippen LogP contribution in [0.25, 0.3) is 0 Å². The van der Waals surface area contributed by atoms with Gasteiger partial charge >= 0.3 is 5.97 Å². The van der Waals surface area contributed by atoms with Gasteiger partial charge in [-0.2, -0.15) is 0 Å². The second-order valence-corrected chi connectivity index (χ2v) is 3.81. The van der Waals surface area contributed by atoms with Crippen molar-refractivity contribution in [2.24, 2.45) is 0 Å². The summed E-state index contributed by atoms with van der Waals surface area (Å²) >= 11 is 0. The molecule has 0 saturated heterocycles. The number of hydrogen-bond donors (Lipinski definition) is 1. The van der Waals surface area contributed by atoms with Crippen LogP contribution < -0.4 is 14.2 Å². The fourth-order valence-electron chi connectivity index (χ4n) is 1.68. The van der Waals surface area contributed by atoms with Crippen molar-refractivity contribution in [3.05, 3.63) is 17.2 Å². The molecule has 0 aliphatic rings. The van der Waals surface area contributed by atoms with Gasteiger partial charge in [0.1, 0.15) is 22.8 Å². The van der Waals surface area contributed by atoms with E-state index >= 15 is 0 Å². The van der Waals surface area contributed by atoms with Gasteiger partial charge in [0.25, 0.3) is 0 Å². The van der Waals surface area contributed by atoms with Crippen molar-refractivity contribution in [1.29, 1.82) is 0 Å². The lowest BCUT2D eigenvalue weighted by Gasteiger charge is -2.17. The Morgan fingerprint density at radius 1 is 1.10 bits per heavy atom. The molecular formula is C13H18O7. The minimum Gasteiger partial charge on any atom is -0.495 e. The molecule has 20 heavy (non-hydrogen) atoms. The summed E-state index contributed by atoms with van der Waals surface area (Å²) in [7, 11) is 4.31. The third-order valence-electron chi connectivity index (χ3n) is 2.53. The number of hydrogen-bond acceptors (Lipinski definition) is 6. The van der Waals surface area contributed by atoms with Crippen molar-refractivity contribution in [3.8, 4) is 17.2 Å². The van der Waals surface area contributed by atoms with E-state index in [2.05, 4.69) is 0 Å². The van der Waals surface area contributed by atoms with Crippen LogP contribution in [0.5, 0.6) is 17.2 Å². The Kier molecular flexibility index (Phi) is 6.08. The summed E-state index contributed by atoms with van der Waals surface area (Å²) in [4.78, 5) is 11.4. The molecular weight excluding hydrogens is 268 g/mol. The number of ether oxygens (including phenoxy) is 5. The molecule has 1 rings (SSSR count). The Morgan fingerprint density at radius 2 is 1.65 bits per heavy atom. The van der Waals surface area contributed by atoms with Crippen LogP contribution in [0.1, 0.15) is 15.9 Å². The van der Waals surface area contributed by atoms with E-state index in [9.17, 15) is 9.90 Å². The number of methoxy groups -OCH3 is 3. The molecule has 0 heterocycles. The molecule has 0 aliphatic heterocycles. The average Bonchev–Trinajstić information content (AvgIpc) is 2.43. The quantitative estimate of drug-likeness (QED) is 0.728. The van der Waals surface area contributed by atoms with Gasteiger partial charge < -0.3 is 28.8 Å². The number of rotatable bonds is 8. The molecule has 0 amide bonds. The van der Waals surface area contributed by atoms with E-state index in [1.807, 2.05) is 0 Å². The van der Waals surface area contributed by atoms with Crippen molar-refractivity contribution in [2.45, 2.75) is 6.92 Å². The first kappa shape index (κ1) is 16.1. The molecule has 1 N–H and O–H groups in total. The van der Waals surface area contributed by atoms with Crippen LogP contribution in [-0.2, 0) is 9.47 Å². The van der Waals surface area contributed by atoms with Crippen LogP contribution in [-0.4, -0.2) is 46.0 Å². The van der Waals surface area contributed by atoms with E-state index in [4.69, 9.17) is 23.7 Å². The lowest BCUT2D eigenvalue weighted by Crippen LogP contribution is -2.10. The Bertz CT molecular complexity index is 470. The van der Waals surface area contributed by atoms with E-state index in [1.165, 1.54) is 27.4 Å². The molecule has 0 spiro atoms. The van der Waals surface area contributed by atoms with Crippen LogP contribution in [0.3, 0.4) is 0 Å². The molecule has 7 heteroatoms. The average molecular weight is 286 g/mol. The first-order valence-corrected chi connectivity index (χ1v) is 5.75. The van der Waals surface area contributed by atoms with Crippen LogP contribution in [0.2, 0.25) is 0 Å². The van der Waals surface area contributed by atoms with Gasteiger partial charge in [-0.25, -0.2) is 4.79 Å². The molecule has 0 bridgehead atoms. The third kappa shape index (κ3) is 3.52. The van der Waals surface area contributed by atoms with E-state index in [0.29, 0.717) is 11.3 Å². The molecule has 0 radical (unpaired) electrons. The highest BCUT2D eigenvalue weighted by Gasteiger charge is 2.23. The van der Waals surface area contributed by atoms with Gasteiger partial charge in [-0.1, -0.05) is 0 Å². The molecule has 0 aromatic heterocycles. The van der Waals surface area contributed by atoms with Crippen LogP contribution >= 0.6 is 0 Å². The zero-order valence-corrected chi connectivity index (χ0v) is 11.9. The van der Waals surface area contributed by atoms with Crippen molar-refractivity contribution in [2.75, 3.05) is 34.9 Å². The highest BCUT2D eigenvalue weighted by atomic mass is 16.7. The summed E-state index contributed by atoms with van der Waals surface area (Å²) < 4.78 is 25.4. The number of benzene rings is 1. The van der Waals surface area contributed by atoms with Crippen molar-refractivity contribution in [3.63, 3.8) is 0 Å². The zero-order valence-electron chi connectivity index (χ0n) is 11.9. The molecule has 0 unspecified atom stereocenters. The van der Waals surface area contributed by atoms with Gasteiger partial charge in [0, 0.05) is 25.8 Å². The second-order valence-electron chi connectivity index (χ2n) is 3.81. The van der Waals surface area contributed by atoms with Crippen molar-refractivity contribution < 1.29 is 33.6 Å². The Labute approximate surface area is 117 Å². The molecule has 1 aromatic carbocycles. The largest absolute Gasteiger partial charge is 0.495 e. The molecule has 0 aliphatic carbocycles. The van der Waals surface area contributed by atoms with Crippen molar-refractivity contribution in [1.82, 2.24) is 0 Å². The highest BCUT2D eigenvalue weighted by Crippen LogP contribution is 2.38. The molecule has 1 aromatic rings. The van der Waals surface area contributed by atoms with E-state index < -0.39 is 5.97 Å². The smallest absolute Gasteiger partial charge is 0.343 e. The summed E-state index contributed by atoms with van der Waals surface area (Å²) in [5.41, 5.74) is 0.471. The molecule has 0 saturated carbocycles. The number of carbonyl (C=O) groups is 1. The first-order chi connectivity index (χ1) is 9.56. The summed E-state index contributed by atoms with van der Waals surface area (Å²) in [6.07, 6.45) is 0. The summed E-state index contributed by atoms with van der Waals surface area (Å²) in [5, 5.41) is 9.30. The fourth-order valence-corrected chi connectivity index (χ4v) is 1.68. The van der Waals surface area contributed by atoms with Gasteiger partial charge in [0.2, 0.25) is 0 Å². The Hall–Kier alpha value is -1.99. The Balaban J connectivity index is 3.33. The molecule has 0 atom stereocenters. The molecule has 7 nitrogen and oxygen atoms in total. The van der Waals surface area contributed by atoms with E-state index in [0.717, 1.165) is 0 Å². The normalized spacial score (nSPS) is 10.2. The number of carboxylic acid groups (broad SMARTS) is 1. The Morgan fingerprint density at radius 3 is 2.10 bits per heavy atom. The second kappa shape index (κ2) is 7.56. The minimum absolute atomic E-state index is 0.0279. The van der Waals surface area contributed by atoms with Gasteiger partial charge in [0.05, 0.1) is 7.11 Å². The predicted octanol–water partition coefficient (Wildman–Crippen LogP) is 1.67. The lowest BCUT2D eigenvalue weighted by molar-refractivity contribution is 0.0438. The van der Waals surface area contributed by atoms with E-state index in [-0.39, 0.29) is 30.6 Å². The SMILES string of the molecule is COCOc1cc(OCOC)c(C(=O)O)c(OC)c1C. The van der Waals surface area contributed by atoms with Crippen LogP contribution in [0.4, 0.5) is 0 Å². The molecule has 112 valence electrons. The van der Waals surface area contributed by atoms with Gasteiger partial charge in [-0.3, -0.25) is 0 Å². The minimum atomic E-state index is -1.16. The predicted molar refractivity (Wildman–Crippen MR) is 69.7 cm³/mol. The monoisotopic (exact) mass is 286 g/mol. The maximum atomic E-state index is 11.4. The first-order valence-electron chi connectivity index (χ1n) is 5.75. The summed E-state index contributed by atoms with van der Waals surface area (Å²) in [6.45, 7) is 1.63. The zero-order chi connectivity index (χ0) is 15.1. The number of aromatic carboxylic acids is 1. The maximum absolute atomic E-state index is 11.4. The summed E-state index contributed by atoms with van der Waals surface area (Å²) in [6, 6.07) is 1.47. The van der Waals surface area contributed by atoms with Gasteiger partial charge in [-0.05, 0) is 6.92 Å². The highest BCUT2D eigenvalue weighted by molar-refractivity contribution is 5.95. The van der Waals surface area contributed by atoms with Crippen LogP contribution in [0.15, 0.2) is 6.07 Å². The maximum Gasteiger partial charge on any atom is 0.343 e. The fraction of sp³-hybridized carbons (Fsp3) is 0.462. The topological polar surface area (TPSA) is 83.5 Å². The lowest BCUT2D eigenvalue weighted by atomic mass is 10.1. The molecule has 0 fully saturated rings. The standard InChI is InChI=1S/C13H18O7/c1-8-9(19-6-16-2)5-10(20-7-17-3)11(13(14)15)12(8)18-4/h5H,6-7H2,1-4H3,(H,14,15). The summed E-state index contributed by atoms with van der Waals surface area (Å²) in [5.74, 6) is -0.459.